The van der Waals surface area contributed by atoms with Crippen LogP contribution in [0.1, 0.15) is 38.5 Å². The molecule has 6 heteroatoms. The molecule has 0 spiro atoms. The third-order valence-corrected chi connectivity index (χ3v) is 6.64. The Morgan fingerprint density at radius 2 is 2.10 bits per heavy atom. The molecule has 0 aromatic heterocycles. The van der Waals surface area contributed by atoms with Crippen LogP contribution in [0.2, 0.25) is 0 Å². The molecule has 0 aromatic carbocycles. The van der Waals surface area contributed by atoms with Gasteiger partial charge in [-0.3, -0.25) is 0 Å². The monoisotopic (exact) mass is 317 g/mol. The predicted octanol–water partition coefficient (Wildman–Crippen LogP) is 1.63. The number of nitrogens with zero attached hydrogens (tertiary/aromatic N) is 1. The van der Waals surface area contributed by atoms with Gasteiger partial charge < -0.3 is 9.47 Å². The molecule has 3 aliphatic rings. The second-order valence-electron chi connectivity index (χ2n) is 7.02. The van der Waals surface area contributed by atoms with Gasteiger partial charge in [0, 0.05) is 31.7 Å². The molecule has 0 aromatic rings. The molecule has 3 rings (SSSR count). The first-order chi connectivity index (χ1) is 10.00. The molecule has 2 saturated heterocycles. The molecule has 0 unspecified atom stereocenters. The molecule has 1 aliphatic carbocycles. The maximum atomic E-state index is 11.9. The van der Waals surface area contributed by atoms with Crippen LogP contribution in [0, 0.1) is 11.3 Å². The fraction of sp³-hybridized carbons (Fsp3) is 1.00. The Labute approximate surface area is 128 Å². The summed E-state index contributed by atoms with van der Waals surface area (Å²) < 4.78 is 37.3. The Hall–Kier alpha value is -0.170. The third-order valence-electron chi connectivity index (χ3n) is 5.39. The molecular weight excluding hydrogens is 290 g/mol. The van der Waals surface area contributed by atoms with Crippen molar-refractivity contribution in [1.29, 1.82) is 0 Å². The van der Waals surface area contributed by atoms with Gasteiger partial charge in [0.2, 0.25) is 10.0 Å². The first-order valence-corrected chi connectivity index (χ1v) is 9.99. The van der Waals surface area contributed by atoms with Crippen LogP contribution in [-0.2, 0) is 19.5 Å². The normalized spacial score (nSPS) is 35.2. The lowest BCUT2D eigenvalue weighted by Crippen LogP contribution is -2.58. The molecule has 5 nitrogen and oxygen atoms in total. The number of ether oxygens (including phenoxy) is 2. The minimum atomic E-state index is -3.13. The Bertz CT molecular complexity index is 462. The Morgan fingerprint density at radius 1 is 1.29 bits per heavy atom. The molecular formula is C15H27NO4S. The molecule has 3 fully saturated rings. The summed E-state index contributed by atoms with van der Waals surface area (Å²) in [7, 11) is -3.13. The summed E-state index contributed by atoms with van der Waals surface area (Å²) in [5, 5.41) is 0. The zero-order chi connectivity index (χ0) is 14.9. The van der Waals surface area contributed by atoms with Crippen LogP contribution in [0.25, 0.3) is 0 Å². The van der Waals surface area contributed by atoms with E-state index in [0.29, 0.717) is 19.7 Å². The van der Waals surface area contributed by atoms with Crippen molar-refractivity contribution >= 4 is 10.0 Å². The minimum Gasteiger partial charge on any atom is -0.380 e. The smallest absolute Gasteiger partial charge is 0.211 e. The fourth-order valence-electron chi connectivity index (χ4n) is 3.83. The first kappa shape index (κ1) is 15.7. The van der Waals surface area contributed by atoms with E-state index in [1.54, 1.807) is 4.31 Å². The average molecular weight is 317 g/mol. The lowest BCUT2D eigenvalue weighted by atomic mass is 9.73. The molecule has 0 radical (unpaired) electrons. The second kappa shape index (κ2) is 6.14. The number of hydrogen-bond acceptors (Lipinski definition) is 4. The van der Waals surface area contributed by atoms with E-state index in [2.05, 4.69) is 0 Å². The second-order valence-corrected chi connectivity index (χ2v) is 9.01. The van der Waals surface area contributed by atoms with Crippen molar-refractivity contribution in [3.05, 3.63) is 0 Å². The highest BCUT2D eigenvalue weighted by molar-refractivity contribution is 7.88. The van der Waals surface area contributed by atoms with Crippen LogP contribution < -0.4 is 0 Å². The van der Waals surface area contributed by atoms with Crippen LogP contribution >= 0.6 is 0 Å². The summed E-state index contributed by atoms with van der Waals surface area (Å²) in [5.41, 5.74) is -0.136. The maximum absolute atomic E-state index is 11.9. The highest BCUT2D eigenvalue weighted by Gasteiger charge is 2.48. The summed E-state index contributed by atoms with van der Waals surface area (Å²) in [5.74, 6) is 0.721. The van der Waals surface area contributed by atoms with Crippen LogP contribution in [0.5, 0.6) is 0 Å². The van der Waals surface area contributed by atoms with Crippen molar-refractivity contribution < 1.29 is 17.9 Å². The van der Waals surface area contributed by atoms with Gasteiger partial charge >= 0.3 is 0 Å². The van der Waals surface area contributed by atoms with Crippen molar-refractivity contribution in [2.45, 2.75) is 44.6 Å². The van der Waals surface area contributed by atoms with Gasteiger partial charge in [-0.15, -0.1) is 0 Å². The molecule has 0 N–H and O–H groups in total. The van der Waals surface area contributed by atoms with Gasteiger partial charge in [-0.05, 0) is 38.0 Å². The van der Waals surface area contributed by atoms with E-state index in [0.717, 1.165) is 38.4 Å². The average Bonchev–Trinajstić information content (AvgIpc) is 2.40. The molecule has 0 bridgehead atoms. The molecule has 2 atom stereocenters. The number of rotatable bonds is 5. The van der Waals surface area contributed by atoms with Crippen molar-refractivity contribution in [3.8, 4) is 0 Å². The lowest BCUT2D eigenvalue weighted by Gasteiger charge is -2.49. The molecule has 2 aliphatic heterocycles. The summed E-state index contributed by atoms with van der Waals surface area (Å²) in [4.78, 5) is 0. The topological polar surface area (TPSA) is 55.8 Å². The van der Waals surface area contributed by atoms with Gasteiger partial charge in [-0.1, -0.05) is 6.42 Å². The predicted molar refractivity (Wildman–Crippen MR) is 80.6 cm³/mol. The number of sulfonamides is 1. The fourth-order valence-corrected chi connectivity index (χ4v) is 4.76. The van der Waals surface area contributed by atoms with Gasteiger partial charge in [0.25, 0.3) is 0 Å². The third kappa shape index (κ3) is 3.44. The maximum Gasteiger partial charge on any atom is 0.211 e. The van der Waals surface area contributed by atoms with Crippen molar-refractivity contribution in [2.75, 3.05) is 39.2 Å². The van der Waals surface area contributed by atoms with Crippen molar-refractivity contribution in [2.24, 2.45) is 11.3 Å². The zero-order valence-corrected chi connectivity index (χ0v) is 13.7. The molecule has 0 amide bonds. The van der Waals surface area contributed by atoms with E-state index in [1.165, 1.54) is 25.5 Å². The van der Waals surface area contributed by atoms with Crippen LogP contribution in [0.4, 0.5) is 0 Å². The van der Waals surface area contributed by atoms with E-state index >= 15 is 0 Å². The Balaban J connectivity index is 1.65. The largest absolute Gasteiger partial charge is 0.380 e. The van der Waals surface area contributed by atoms with Crippen molar-refractivity contribution in [1.82, 2.24) is 4.31 Å². The molecule has 2 heterocycles. The highest BCUT2D eigenvalue weighted by Crippen LogP contribution is 2.41. The van der Waals surface area contributed by atoms with Crippen LogP contribution in [0.15, 0.2) is 0 Å². The van der Waals surface area contributed by atoms with Gasteiger partial charge in [-0.25, -0.2) is 12.7 Å². The Morgan fingerprint density at radius 3 is 2.76 bits per heavy atom. The first-order valence-electron chi connectivity index (χ1n) is 8.14. The Kier molecular flexibility index (Phi) is 4.60. The SMILES string of the molecule is CS(=O)(=O)N1CC[C@@H]2OCCC[C@]2(COCC2CCC2)C1. The number of fused-ring (bicyclic) bond motifs is 1. The standard InChI is InChI=1S/C15H27NO4S/c1-21(17,18)16-8-6-14-15(11-16,7-3-9-20-14)12-19-10-13-4-2-5-13/h13-14H,2-12H2,1H3/t14-,15+/m0/s1. The highest BCUT2D eigenvalue weighted by atomic mass is 32.2. The summed E-state index contributed by atoms with van der Waals surface area (Å²) in [6, 6.07) is 0. The molecule has 122 valence electrons. The van der Waals surface area contributed by atoms with Gasteiger partial charge in [-0.2, -0.15) is 0 Å². The van der Waals surface area contributed by atoms with E-state index in [9.17, 15) is 8.42 Å². The summed E-state index contributed by atoms with van der Waals surface area (Å²) in [6.07, 6.45) is 8.15. The molecule has 21 heavy (non-hydrogen) atoms. The van der Waals surface area contributed by atoms with E-state index in [1.807, 2.05) is 0 Å². The zero-order valence-electron chi connectivity index (χ0n) is 12.9. The summed E-state index contributed by atoms with van der Waals surface area (Å²) >= 11 is 0. The van der Waals surface area contributed by atoms with Crippen LogP contribution in [0.3, 0.4) is 0 Å². The number of piperidine rings is 1. The van der Waals surface area contributed by atoms with E-state index in [-0.39, 0.29) is 11.5 Å². The van der Waals surface area contributed by atoms with Gasteiger partial charge in [0.15, 0.2) is 0 Å². The van der Waals surface area contributed by atoms with Gasteiger partial charge in [0.1, 0.15) is 0 Å². The van der Waals surface area contributed by atoms with E-state index < -0.39 is 10.0 Å². The lowest BCUT2D eigenvalue weighted by molar-refractivity contribution is -0.145. The van der Waals surface area contributed by atoms with E-state index in [4.69, 9.17) is 9.47 Å². The number of hydrogen-bond donors (Lipinski definition) is 0. The van der Waals surface area contributed by atoms with Crippen molar-refractivity contribution in [3.63, 3.8) is 0 Å². The summed E-state index contributed by atoms with van der Waals surface area (Å²) in [6.45, 7) is 3.40. The van der Waals surface area contributed by atoms with Crippen LogP contribution in [-0.4, -0.2) is 58.0 Å². The molecule has 1 saturated carbocycles. The van der Waals surface area contributed by atoms with Gasteiger partial charge in [0.05, 0.1) is 19.0 Å². The minimum absolute atomic E-state index is 0.136. The quantitative estimate of drug-likeness (QED) is 0.773.